The number of hydrogen-bond donors (Lipinski definition) is 7. The second-order valence-corrected chi connectivity index (χ2v) is 10.4. The number of esters is 2. The van der Waals surface area contributed by atoms with Crippen molar-refractivity contribution in [3.8, 4) is 17.2 Å². The molecule has 0 unspecified atom stereocenters. The van der Waals surface area contributed by atoms with E-state index in [1.165, 1.54) is 44.6 Å². The molecule has 0 aromatic heterocycles. The third kappa shape index (κ3) is 7.41. The fourth-order valence-electron chi connectivity index (χ4n) is 4.91. The van der Waals surface area contributed by atoms with Crippen LogP contribution in [0.25, 0.3) is 6.08 Å². The van der Waals surface area contributed by atoms with E-state index in [9.17, 15) is 45.3 Å². The highest BCUT2D eigenvalue weighted by Gasteiger charge is 2.60. The van der Waals surface area contributed by atoms with Crippen molar-refractivity contribution in [1.29, 1.82) is 0 Å². The number of hydrogen-bond acceptors (Lipinski definition) is 16. The first-order valence-electron chi connectivity index (χ1n) is 14.0. The van der Waals surface area contributed by atoms with Gasteiger partial charge in [-0.15, -0.1) is 0 Å². The fourth-order valence-corrected chi connectivity index (χ4v) is 4.91. The van der Waals surface area contributed by atoms with Crippen LogP contribution in [0.1, 0.15) is 15.9 Å². The predicted octanol–water partition coefficient (Wildman–Crippen LogP) is -1.54. The highest BCUT2D eigenvalue weighted by molar-refractivity contribution is 5.89. The monoisotopic (exact) mass is 652 g/mol. The smallest absolute Gasteiger partial charge is 0.338 e. The van der Waals surface area contributed by atoms with Gasteiger partial charge in [-0.05, 0) is 35.9 Å². The highest BCUT2D eigenvalue weighted by atomic mass is 16.8. The summed E-state index contributed by atoms with van der Waals surface area (Å²) in [6.45, 7) is -2.52. The van der Waals surface area contributed by atoms with Crippen molar-refractivity contribution in [2.75, 3.05) is 34.0 Å². The Labute approximate surface area is 262 Å². The Morgan fingerprint density at radius 3 is 2.15 bits per heavy atom. The Morgan fingerprint density at radius 1 is 0.913 bits per heavy atom. The summed E-state index contributed by atoms with van der Waals surface area (Å²) in [5, 5.41) is 72.7. The number of aromatic hydroxyl groups is 1. The molecule has 46 heavy (non-hydrogen) atoms. The quantitative estimate of drug-likeness (QED) is 0.101. The lowest BCUT2D eigenvalue weighted by molar-refractivity contribution is -0.383. The average molecular weight is 653 g/mol. The van der Waals surface area contributed by atoms with Gasteiger partial charge in [0.15, 0.2) is 23.9 Å². The van der Waals surface area contributed by atoms with Gasteiger partial charge in [-0.2, -0.15) is 0 Å². The van der Waals surface area contributed by atoms with Crippen LogP contribution < -0.4 is 9.47 Å². The Hall–Kier alpha value is -3.84. The van der Waals surface area contributed by atoms with Crippen molar-refractivity contribution in [3.05, 3.63) is 59.7 Å². The van der Waals surface area contributed by atoms with Gasteiger partial charge in [0.2, 0.25) is 11.5 Å². The van der Waals surface area contributed by atoms with Gasteiger partial charge in [-0.25, -0.2) is 9.59 Å². The van der Waals surface area contributed by atoms with Crippen LogP contribution in [0.3, 0.4) is 0 Å². The summed E-state index contributed by atoms with van der Waals surface area (Å²) < 4.78 is 37.6. The van der Waals surface area contributed by atoms with Gasteiger partial charge in [0, 0.05) is 6.08 Å². The minimum Gasteiger partial charge on any atom is -0.502 e. The lowest BCUT2D eigenvalue weighted by Crippen LogP contribution is -2.63. The van der Waals surface area contributed by atoms with E-state index in [0.29, 0.717) is 5.56 Å². The molecular formula is C30H36O16. The van der Waals surface area contributed by atoms with E-state index in [2.05, 4.69) is 0 Å². The van der Waals surface area contributed by atoms with Crippen LogP contribution in [0, 0.1) is 0 Å². The van der Waals surface area contributed by atoms with E-state index >= 15 is 0 Å². The third-order valence-electron chi connectivity index (χ3n) is 7.41. The number of phenolic OH excluding ortho intramolecular Hbond substituents is 1. The standard InChI is InChI=1S/C30H36O16/c1-40-17-10-15(11-18(41-2)22(17)34)8-9-21(33)44-27-24(36)19(12-31)45-30(27,14-32)46-29-26(38)25(37)23(35)20(43-29)13-42-28(39)16-6-4-3-5-7-16/h3-11,19-20,23-27,29,31-32,34-38H,12-14H2,1-2H3/b9-8+/t19-,20-,23-,24-,25+,26-,27+,29-,30+/m1/s1. The average Bonchev–Trinajstić information content (AvgIpc) is 3.33. The number of aliphatic hydroxyl groups is 6. The van der Waals surface area contributed by atoms with E-state index < -0.39 is 86.6 Å². The molecule has 0 amide bonds. The zero-order valence-electron chi connectivity index (χ0n) is 24.7. The number of carbonyl (C=O) groups is 2. The molecule has 0 saturated carbocycles. The van der Waals surface area contributed by atoms with Crippen molar-refractivity contribution < 1.29 is 78.5 Å². The maximum Gasteiger partial charge on any atom is 0.338 e. The van der Waals surface area contributed by atoms with E-state index in [1.807, 2.05) is 0 Å². The molecule has 4 rings (SSSR count). The summed E-state index contributed by atoms with van der Waals surface area (Å²) in [6, 6.07) is 10.7. The number of benzene rings is 2. The van der Waals surface area contributed by atoms with Crippen molar-refractivity contribution in [1.82, 2.24) is 0 Å². The number of aliphatic hydroxyl groups excluding tert-OH is 6. The van der Waals surface area contributed by atoms with E-state index in [4.69, 9.17) is 33.2 Å². The van der Waals surface area contributed by atoms with Crippen LogP contribution in [0.2, 0.25) is 0 Å². The molecule has 2 fully saturated rings. The van der Waals surface area contributed by atoms with Gasteiger partial charge < -0.3 is 68.9 Å². The molecule has 0 spiro atoms. The molecule has 2 heterocycles. The lowest BCUT2D eigenvalue weighted by atomic mass is 9.98. The molecule has 0 radical (unpaired) electrons. The third-order valence-corrected chi connectivity index (χ3v) is 7.41. The van der Waals surface area contributed by atoms with Crippen LogP contribution in [0.15, 0.2) is 48.5 Å². The zero-order valence-corrected chi connectivity index (χ0v) is 24.7. The van der Waals surface area contributed by atoms with Crippen molar-refractivity contribution in [2.45, 2.75) is 54.8 Å². The van der Waals surface area contributed by atoms with Crippen LogP contribution in [0.4, 0.5) is 0 Å². The Bertz CT molecular complexity index is 1340. The Kier molecular flexibility index (Phi) is 11.5. The molecular weight excluding hydrogens is 616 g/mol. The van der Waals surface area contributed by atoms with Gasteiger partial charge in [-0.1, -0.05) is 18.2 Å². The molecule has 2 aromatic carbocycles. The van der Waals surface area contributed by atoms with Gasteiger partial charge in [-0.3, -0.25) is 0 Å². The first-order chi connectivity index (χ1) is 22.0. The number of rotatable bonds is 12. The van der Waals surface area contributed by atoms with Crippen LogP contribution in [-0.2, 0) is 28.5 Å². The molecule has 2 saturated heterocycles. The summed E-state index contributed by atoms with van der Waals surface area (Å²) in [7, 11) is 2.63. The van der Waals surface area contributed by atoms with E-state index in [1.54, 1.807) is 18.2 Å². The van der Waals surface area contributed by atoms with Crippen molar-refractivity contribution in [2.24, 2.45) is 0 Å². The highest BCUT2D eigenvalue weighted by Crippen LogP contribution is 2.39. The first kappa shape index (κ1) is 35.0. The van der Waals surface area contributed by atoms with Crippen molar-refractivity contribution >= 4 is 18.0 Å². The summed E-state index contributed by atoms with van der Waals surface area (Å²) in [5.41, 5.74) is 0.543. The molecule has 2 aromatic rings. The second-order valence-electron chi connectivity index (χ2n) is 10.4. The van der Waals surface area contributed by atoms with Crippen LogP contribution >= 0.6 is 0 Å². The number of carbonyl (C=O) groups excluding carboxylic acids is 2. The lowest BCUT2D eigenvalue weighted by Gasteiger charge is -2.43. The van der Waals surface area contributed by atoms with Gasteiger partial charge in [0.25, 0.3) is 0 Å². The molecule has 2 aliphatic rings. The zero-order chi connectivity index (χ0) is 33.6. The van der Waals surface area contributed by atoms with Gasteiger partial charge >= 0.3 is 11.9 Å². The minimum absolute atomic E-state index is 0.0527. The van der Waals surface area contributed by atoms with Crippen LogP contribution in [0.5, 0.6) is 17.2 Å². The molecule has 0 aliphatic carbocycles. The maximum atomic E-state index is 12.9. The second kappa shape index (κ2) is 15.2. The predicted molar refractivity (Wildman–Crippen MR) is 152 cm³/mol. The van der Waals surface area contributed by atoms with Gasteiger partial charge in [0.1, 0.15) is 49.8 Å². The summed E-state index contributed by atoms with van der Waals surface area (Å²) >= 11 is 0. The molecule has 16 heteroatoms. The largest absolute Gasteiger partial charge is 0.502 e. The van der Waals surface area contributed by atoms with E-state index in [-0.39, 0.29) is 22.8 Å². The number of ether oxygens (including phenoxy) is 7. The number of methoxy groups -OCH3 is 2. The molecule has 7 N–H and O–H groups in total. The minimum atomic E-state index is -2.46. The normalized spacial score (nSPS) is 31.0. The SMILES string of the molecule is COc1cc(/C=C/C(=O)O[C@H]2[C@H](O)[C@@H](CO)O[C@@]2(CO)O[C@H]2O[C@H](COC(=O)c3ccccc3)[C@@H](O)[C@H](O)[C@H]2O)cc(OC)c1O. The Morgan fingerprint density at radius 2 is 1.57 bits per heavy atom. The van der Waals surface area contributed by atoms with E-state index in [0.717, 1.165) is 6.08 Å². The molecule has 2 aliphatic heterocycles. The molecule has 252 valence electrons. The van der Waals surface area contributed by atoms with Crippen molar-refractivity contribution in [3.63, 3.8) is 0 Å². The summed E-state index contributed by atoms with van der Waals surface area (Å²) in [4.78, 5) is 25.3. The summed E-state index contributed by atoms with van der Waals surface area (Å²) in [5.74, 6) is -4.46. The van der Waals surface area contributed by atoms with Gasteiger partial charge in [0.05, 0.1) is 26.4 Å². The summed E-state index contributed by atoms with van der Waals surface area (Å²) in [6.07, 6.45) is -11.8. The maximum absolute atomic E-state index is 12.9. The first-order valence-corrected chi connectivity index (χ1v) is 14.0. The molecule has 0 bridgehead atoms. The van der Waals surface area contributed by atoms with Crippen LogP contribution in [-0.4, -0.2) is 137 Å². The Balaban J connectivity index is 1.51. The molecule has 16 nitrogen and oxygen atoms in total. The fraction of sp³-hybridized carbons (Fsp3) is 0.467. The number of phenols is 1. The molecule has 9 atom stereocenters. The topological polar surface area (TPSA) is 240 Å².